The molecule has 0 spiro atoms. The van der Waals surface area contributed by atoms with Gasteiger partial charge in [-0.1, -0.05) is 12.1 Å². The number of carbonyl (C=O) groups excluding carboxylic acids is 1. The zero-order chi connectivity index (χ0) is 15.2. The first-order valence-electron chi connectivity index (χ1n) is 6.60. The van der Waals surface area contributed by atoms with E-state index < -0.39 is 5.54 Å². The van der Waals surface area contributed by atoms with Crippen molar-refractivity contribution in [1.29, 1.82) is 0 Å². The van der Waals surface area contributed by atoms with Gasteiger partial charge in [0.1, 0.15) is 5.75 Å². The summed E-state index contributed by atoms with van der Waals surface area (Å²) in [5.74, 6) is 0.298. The van der Waals surface area contributed by atoms with E-state index >= 15 is 0 Å². The SMILES string of the molecule is CCOC(=O)C(C)(Nc1ccccc1OC)C(C)OC. The summed E-state index contributed by atoms with van der Waals surface area (Å²) >= 11 is 0. The Balaban J connectivity index is 3.09. The smallest absolute Gasteiger partial charge is 0.334 e. The van der Waals surface area contributed by atoms with Crippen LogP contribution in [-0.4, -0.2) is 38.4 Å². The van der Waals surface area contributed by atoms with E-state index in [0.29, 0.717) is 12.4 Å². The quantitative estimate of drug-likeness (QED) is 0.778. The first kappa shape index (κ1) is 16.3. The molecular weight excluding hydrogens is 258 g/mol. The van der Waals surface area contributed by atoms with Crippen LogP contribution in [0.4, 0.5) is 5.69 Å². The number of benzene rings is 1. The Kier molecular flexibility index (Phi) is 5.82. The van der Waals surface area contributed by atoms with E-state index in [1.165, 1.54) is 0 Å². The molecule has 1 aromatic carbocycles. The van der Waals surface area contributed by atoms with E-state index in [1.54, 1.807) is 28.1 Å². The topological polar surface area (TPSA) is 56.8 Å². The number of anilines is 1. The number of nitrogens with one attached hydrogen (secondary N) is 1. The van der Waals surface area contributed by atoms with Gasteiger partial charge < -0.3 is 19.5 Å². The van der Waals surface area contributed by atoms with Gasteiger partial charge in [0.15, 0.2) is 5.54 Å². The van der Waals surface area contributed by atoms with Gasteiger partial charge >= 0.3 is 5.97 Å². The summed E-state index contributed by atoms with van der Waals surface area (Å²) in [6, 6.07) is 7.41. The predicted octanol–water partition coefficient (Wildman–Crippen LogP) is 2.46. The summed E-state index contributed by atoms with van der Waals surface area (Å²) in [5.41, 5.74) is -0.284. The van der Waals surface area contributed by atoms with Crippen molar-refractivity contribution in [3.63, 3.8) is 0 Å². The molecule has 0 aromatic heterocycles. The molecule has 0 aliphatic heterocycles. The van der Waals surface area contributed by atoms with Crippen molar-refractivity contribution >= 4 is 11.7 Å². The third kappa shape index (κ3) is 3.42. The molecule has 2 unspecified atom stereocenters. The van der Waals surface area contributed by atoms with Crippen LogP contribution in [-0.2, 0) is 14.3 Å². The van der Waals surface area contributed by atoms with Gasteiger partial charge in [0.25, 0.3) is 0 Å². The maximum Gasteiger partial charge on any atom is 0.334 e. The fourth-order valence-electron chi connectivity index (χ4n) is 1.86. The molecule has 0 heterocycles. The van der Waals surface area contributed by atoms with Gasteiger partial charge in [0, 0.05) is 7.11 Å². The zero-order valence-corrected chi connectivity index (χ0v) is 12.7. The van der Waals surface area contributed by atoms with Gasteiger partial charge in [-0.2, -0.15) is 0 Å². The Labute approximate surface area is 120 Å². The van der Waals surface area contributed by atoms with Crippen molar-refractivity contribution in [2.24, 2.45) is 0 Å². The van der Waals surface area contributed by atoms with Crippen molar-refractivity contribution in [3.8, 4) is 5.75 Å². The summed E-state index contributed by atoms with van der Waals surface area (Å²) < 4.78 is 15.8. The second-order valence-corrected chi connectivity index (χ2v) is 4.63. The lowest BCUT2D eigenvalue weighted by Crippen LogP contribution is -2.53. The average Bonchev–Trinajstić information content (AvgIpc) is 2.46. The number of rotatable bonds is 7. The van der Waals surface area contributed by atoms with Gasteiger partial charge in [-0.05, 0) is 32.9 Å². The highest BCUT2D eigenvalue weighted by molar-refractivity contribution is 5.85. The molecule has 2 atom stereocenters. The number of hydrogen-bond acceptors (Lipinski definition) is 5. The second-order valence-electron chi connectivity index (χ2n) is 4.63. The number of carbonyl (C=O) groups is 1. The maximum absolute atomic E-state index is 12.3. The molecule has 20 heavy (non-hydrogen) atoms. The molecule has 0 bridgehead atoms. The van der Waals surface area contributed by atoms with E-state index in [9.17, 15) is 4.79 Å². The fraction of sp³-hybridized carbons (Fsp3) is 0.533. The second kappa shape index (κ2) is 7.14. The van der Waals surface area contributed by atoms with Crippen molar-refractivity contribution in [3.05, 3.63) is 24.3 Å². The highest BCUT2D eigenvalue weighted by Crippen LogP contribution is 2.29. The number of methoxy groups -OCH3 is 2. The van der Waals surface area contributed by atoms with Crippen molar-refractivity contribution < 1.29 is 19.0 Å². The molecule has 0 radical (unpaired) electrons. The molecule has 1 aromatic rings. The minimum atomic E-state index is -1.00. The largest absolute Gasteiger partial charge is 0.495 e. The fourth-order valence-corrected chi connectivity index (χ4v) is 1.86. The Hall–Kier alpha value is -1.75. The van der Waals surface area contributed by atoms with Gasteiger partial charge in [0.2, 0.25) is 0 Å². The first-order valence-corrected chi connectivity index (χ1v) is 6.60. The summed E-state index contributed by atoms with van der Waals surface area (Å²) in [4.78, 5) is 12.3. The van der Waals surface area contributed by atoms with E-state index in [2.05, 4.69) is 5.32 Å². The standard InChI is InChI=1S/C15H23NO4/c1-6-20-14(17)15(3,11(2)18-4)16-12-9-7-8-10-13(12)19-5/h7-11,16H,6H2,1-5H3. The lowest BCUT2D eigenvalue weighted by Gasteiger charge is -2.34. The Morgan fingerprint density at radius 1 is 1.35 bits per heavy atom. The van der Waals surface area contributed by atoms with E-state index in [4.69, 9.17) is 14.2 Å². The molecule has 5 heteroatoms. The first-order chi connectivity index (χ1) is 9.49. The van der Waals surface area contributed by atoms with Crippen LogP contribution >= 0.6 is 0 Å². The molecule has 0 amide bonds. The summed E-state index contributed by atoms with van der Waals surface area (Å²) in [7, 11) is 3.15. The predicted molar refractivity (Wildman–Crippen MR) is 78.1 cm³/mol. The lowest BCUT2D eigenvalue weighted by molar-refractivity contribution is -0.152. The number of esters is 1. The Morgan fingerprint density at radius 3 is 2.55 bits per heavy atom. The molecule has 0 saturated heterocycles. The van der Waals surface area contributed by atoms with Crippen LogP contribution in [0, 0.1) is 0 Å². The van der Waals surface area contributed by atoms with Crippen LogP contribution in [0.3, 0.4) is 0 Å². The maximum atomic E-state index is 12.3. The van der Waals surface area contributed by atoms with Crippen LogP contribution in [0.25, 0.3) is 0 Å². The van der Waals surface area contributed by atoms with Crippen molar-refractivity contribution in [2.75, 3.05) is 26.1 Å². The van der Waals surface area contributed by atoms with E-state index in [0.717, 1.165) is 5.69 Å². The third-order valence-corrected chi connectivity index (χ3v) is 3.37. The number of hydrogen-bond donors (Lipinski definition) is 1. The monoisotopic (exact) mass is 281 g/mol. The van der Waals surface area contributed by atoms with E-state index in [1.807, 2.05) is 31.2 Å². The molecule has 5 nitrogen and oxygen atoms in total. The van der Waals surface area contributed by atoms with E-state index in [-0.39, 0.29) is 12.1 Å². The van der Waals surface area contributed by atoms with Crippen molar-refractivity contribution in [2.45, 2.75) is 32.4 Å². The molecule has 0 aliphatic carbocycles. The highest BCUT2D eigenvalue weighted by Gasteiger charge is 2.41. The Bertz CT molecular complexity index is 449. The minimum Gasteiger partial charge on any atom is -0.495 e. The molecule has 0 aliphatic rings. The van der Waals surface area contributed by atoms with Crippen LogP contribution in [0.15, 0.2) is 24.3 Å². The lowest BCUT2D eigenvalue weighted by atomic mass is 9.95. The summed E-state index contributed by atoms with van der Waals surface area (Å²) in [5, 5.41) is 3.19. The van der Waals surface area contributed by atoms with Gasteiger partial charge in [-0.25, -0.2) is 4.79 Å². The summed E-state index contributed by atoms with van der Waals surface area (Å²) in [6.07, 6.45) is -0.369. The molecule has 1 rings (SSSR count). The van der Waals surface area contributed by atoms with Crippen LogP contribution in [0.5, 0.6) is 5.75 Å². The molecule has 0 saturated carbocycles. The molecular formula is C15H23NO4. The Morgan fingerprint density at radius 2 is 2.00 bits per heavy atom. The van der Waals surface area contributed by atoms with Crippen molar-refractivity contribution in [1.82, 2.24) is 0 Å². The van der Waals surface area contributed by atoms with Gasteiger partial charge in [-0.15, -0.1) is 0 Å². The van der Waals surface area contributed by atoms with Crippen LogP contribution in [0.2, 0.25) is 0 Å². The zero-order valence-electron chi connectivity index (χ0n) is 12.7. The number of ether oxygens (including phenoxy) is 3. The average molecular weight is 281 g/mol. The normalized spacial score (nSPS) is 15.1. The van der Waals surface area contributed by atoms with Gasteiger partial charge in [-0.3, -0.25) is 0 Å². The third-order valence-electron chi connectivity index (χ3n) is 3.37. The molecule has 112 valence electrons. The highest BCUT2D eigenvalue weighted by atomic mass is 16.5. The molecule has 1 N–H and O–H groups in total. The van der Waals surface area contributed by atoms with Crippen LogP contribution in [0.1, 0.15) is 20.8 Å². The number of para-hydroxylation sites is 2. The van der Waals surface area contributed by atoms with Gasteiger partial charge in [0.05, 0.1) is 25.5 Å². The van der Waals surface area contributed by atoms with Crippen LogP contribution < -0.4 is 10.1 Å². The summed E-state index contributed by atoms with van der Waals surface area (Å²) in [6.45, 7) is 5.67. The molecule has 0 fully saturated rings. The minimum absolute atomic E-state index is 0.318.